The maximum absolute atomic E-state index is 12.9. The van der Waals surface area contributed by atoms with Crippen molar-refractivity contribution in [3.63, 3.8) is 0 Å². The normalized spacial score (nSPS) is 13.2. The Morgan fingerprint density at radius 3 is 2.37 bits per heavy atom. The summed E-state index contributed by atoms with van der Waals surface area (Å²) in [6.07, 6.45) is -3.34. The Morgan fingerprint density at radius 2 is 1.74 bits per heavy atom. The molecule has 0 fully saturated rings. The molecule has 1 amide bonds. The van der Waals surface area contributed by atoms with E-state index in [4.69, 9.17) is 4.74 Å². The molecule has 35 heavy (non-hydrogen) atoms. The van der Waals surface area contributed by atoms with Crippen LogP contribution in [0.25, 0.3) is 0 Å². The minimum absolute atomic E-state index is 0.125. The summed E-state index contributed by atoms with van der Waals surface area (Å²) in [6.45, 7) is 2.69. The van der Waals surface area contributed by atoms with E-state index in [2.05, 4.69) is 22.2 Å². The van der Waals surface area contributed by atoms with E-state index in [1.807, 2.05) is 24.3 Å². The van der Waals surface area contributed by atoms with Gasteiger partial charge in [-0.25, -0.2) is 9.97 Å². The molecule has 4 rings (SSSR count). The molecule has 10 heteroatoms. The van der Waals surface area contributed by atoms with Crippen molar-refractivity contribution in [3.8, 4) is 5.75 Å². The third-order valence-electron chi connectivity index (χ3n) is 5.53. The molecule has 1 aliphatic heterocycles. The van der Waals surface area contributed by atoms with Gasteiger partial charge in [-0.15, -0.1) is 0 Å². The van der Waals surface area contributed by atoms with Crippen LogP contribution in [0.4, 0.5) is 24.8 Å². The molecule has 0 unspecified atom stereocenters. The summed E-state index contributed by atoms with van der Waals surface area (Å²) in [4.78, 5) is 23.7. The SMILES string of the molecule is CCCSc1nc(NCc2ccc(OC)cc2)c2c(n1)N(Cc1ccc(C(F)(F)F)cc1)C(=O)C2. The van der Waals surface area contributed by atoms with E-state index in [1.165, 1.54) is 28.8 Å². The Balaban J connectivity index is 1.59. The molecule has 3 aromatic rings. The standard InChI is InChI=1S/C25H25F3N4O2S/c1-3-12-35-24-30-22(29-14-16-6-10-19(34-2)11-7-16)20-13-21(33)32(23(20)31-24)15-17-4-8-18(9-5-17)25(26,27)28/h4-11H,3,12-15H2,1-2H3,(H,29,30,31). The van der Waals surface area contributed by atoms with Crippen molar-refractivity contribution in [1.29, 1.82) is 0 Å². The van der Waals surface area contributed by atoms with Crippen LogP contribution >= 0.6 is 11.8 Å². The summed E-state index contributed by atoms with van der Waals surface area (Å²) in [5.41, 5.74) is 1.58. The summed E-state index contributed by atoms with van der Waals surface area (Å²) in [7, 11) is 1.61. The Hall–Kier alpha value is -3.27. The van der Waals surface area contributed by atoms with Gasteiger partial charge in [0.25, 0.3) is 0 Å². The van der Waals surface area contributed by atoms with E-state index < -0.39 is 11.7 Å². The van der Waals surface area contributed by atoms with Gasteiger partial charge in [0.1, 0.15) is 17.4 Å². The van der Waals surface area contributed by atoms with Crippen molar-refractivity contribution in [2.45, 2.75) is 44.2 Å². The summed E-state index contributed by atoms with van der Waals surface area (Å²) < 4.78 is 43.9. The van der Waals surface area contributed by atoms with Gasteiger partial charge in [0.2, 0.25) is 5.91 Å². The number of hydrogen-bond donors (Lipinski definition) is 1. The minimum atomic E-state index is -4.41. The number of ether oxygens (including phenoxy) is 1. The summed E-state index contributed by atoms with van der Waals surface area (Å²) in [6, 6.07) is 12.5. The summed E-state index contributed by atoms with van der Waals surface area (Å²) in [5.74, 6) is 2.51. The van der Waals surface area contributed by atoms with Gasteiger partial charge in [0.15, 0.2) is 5.16 Å². The van der Waals surface area contributed by atoms with Crippen molar-refractivity contribution < 1.29 is 22.7 Å². The Labute approximate surface area is 205 Å². The summed E-state index contributed by atoms with van der Waals surface area (Å²) in [5, 5.41) is 3.89. The minimum Gasteiger partial charge on any atom is -0.497 e. The van der Waals surface area contributed by atoms with Crippen LogP contribution in [0, 0.1) is 0 Å². The molecule has 1 aliphatic rings. The molecular weight excluding hydrogens is 477 g/mol. The first-order valence-corrected chi connectivity index (χ1v) is 12.1. The van der Waals surface area contributed by atoms with Gasteiger partial charge >= 0.3 is 6.18 Å². The number of amides is 1. The topological polar surface area (TPSA) is 67.4 Å². The number of thioether (sulfide) groups is 1. The van der Waals surface area contributed by atoms with Gasteiger partial charge in [0.05, 0.1) is 25.6 Å². The van der Waals surface area contributed by atoms with E-state index in [0.717, 1.165) is 35.6 Å². The second-order valence-corrected chi connectivity index (χ2v) is 9.12. The van der Waals surface area contributed by atoms with Gasteiger partial charge in [-0.1, -0.05) is 43.0 Å². The fraction of sp³-hybridized carbons (Fsp3) is 0.320. The van der Waals surface area contributed by atoms with Crippen molar-refractivity contribution in [3.05, 3.63) is 70.8 Å². The lowest BCUT2D eigenvalue weighted by molar-refractivity contribution is -0.137. The molecule has 0 atom stereocenters. The zero-order valence-corrected chi connectivity index (χ0v) is 20.2. The third-order valence-corrected chi connectivity index (χ3v) is 6.58. The quantitative estimate of drug-likeness (QED) is 0.299. The average molecular weight is 503 g/mol. The number of alkyl halides is 3. The number of nitrogens with one attached hydrogen (secondary N) is 1. The highest BCUT2D eigenvalue weighted by molar-refractivity contribution is 7.99. The Morgan fingerprint density at radius 1 is 1.06 bits per heavy atom. The second kappa shape index (κ2) is 10.6. The molecule has 0 radical (unpaired) electrons. The zero-order valence-electron chi connectivity index (χ0n) is 19.4. The van der Waals surface area contributed by atoms with Crippen LogP contribution in [-0.4, -0.2) is 28.7 Å². The van der Waals surface area contributed by atoms with Crippen molar-refractivity contribution in [2.75, 3.05) is 23.1 Å². The number of anilines is 2. The van der Waals surface area contributed by atoms with Crippen LogP contribution in [0.1, 0.15) is 35.6 Å². The first-order valence-electron chi connectivity index (χ1n) is 11.2. The highest BCUT2D eigenvalue weighted by Crippen LogP contribution is 2.36. The monoisotopic (exact) mass is 502 g/mol. The zero-order chi connectivity index (χ0) is 25.0. The fourth-order valence-corrected chi connectivity index (χ4v) is 4.37. The molecule has 2 aromatic carbocycles. The Bertz CT molecular complexity index is 1190. The molecule has 1 N–H and O–H groups in total. The molecule has 0 aliphatic carbocycles. The van der Waals surface area contributed by atoms with Crippen LogP contribution in [0.15, 0.2) is 53.7 Å². The van der Waals surface area contributed by atoms with Gasteiger partial charge in [-0.05, 0) is 41.8 Å². The van der Waals surface area contributed by atoms with Crippen LogP contribution in [0.2, 0.25) is 0 Å². The number of benzene rings is 2. The van der Waals surface area contributed by atoms with Crippen molar-refractivity contribution in [1.82, 2.24) is 9.97 Å². The smallest absolute Gasteiger partial charge is 0.416 e. The predicted octanol–water partition coefficient (Wildman–Crippen LogP) is 5.71. The molecule has 0 bridgehead atoms. The van der Waals surface area contributed by atoms with Crippen molar-refractivity contribution >= 4 is 29.3 Å². The Kier molecular flexibility index (Phi) is 7.49. The highest BCUT2D eigenvalue weighted by Gasteiger charge is 2.33. The van der Waals surface area contributed by atoms with Crippen LogP contribution < -0.4 is 15.0 Å². The van der Waals surface area contributed by atoms with E-state index in [9.17, 15) is 18.0 Å². The molecule has 0 saturated carbocycles. The number of carbonyl (C=O) groups excluding carboxylic acids is 1. The van der Waals surface area contributed by atoms with E-state index in [0.29, 0.717) is 34.5 Å². The van der Waals surface area contributed by atoms with E-state index in [-0.39, 0.29) is 18.9 Å². The lowest BCUT2D eigenvalue weighted by Crippen LogP contribution is -2.26. The number of nitrogens with zero attached hydrogens (tertiary/aromatic N) is 3. The maximum atomic E-state index is 12.9. The number of halogens is 3. The van der Waals surface area contributed by atoms with Gasteiger partial charge in [-0.2, -0.15) is 13.2 Å². The maximum Gasteiger partial charge on any atom is 0.416 e. The molecule has 184 valence electrons. The van der Waals surface area contributed by atoms with Gasteiger partial charge in [0, 0.05) is 17.9 Å². The van der Waals surface area contributed by atoms with Crippen LogP contribution in [0.3, 0.4) is 0 Å². The average Bonchev–Trinajstić information content (AvgIpc) is 3.16. The fourth-order valence-electron chi connectivity index (χ4n) is 3.68. The van der Waals surface area contributed by atoms with Crippen LogP contribution in [-0.2, 0) is 30.5 Å². The molecule has 1 aromatic heterocycles. The number of hydrogen-bond acceptors (Lipinski definition) is 6. The number of fused-ring (bicyclic) bond motifs is 1. The van der Waals surface area contributed by atoms with Gasteiger partial charge < -0.3 is 10.1 Å². The summed E-state index contributed by atoms with van der Waals surface area (Å²) >= 11 is 1.50. The van der Waals surface area contributed by atoms with Crippen LogP contribution in [0.5, 0.6) is 5.75 Å². The number of methoxy groups -OCH3 is 1. The molecule has 0 saturated heterocycles. The number of aromatic nitrogens is 2. The lowest BCUT2D eigenvalue weighted by Gasteiger charge is -2.18. The lowest BCUT2D eigenvalue weighted by atomic mass is 10.1. The molecule has 2 heterocycles. The van der Waals surface area contributed by atoms with Crippen molar-refractivity contribution in [2.24, 2.45) is 0 Å². The third kappa shape index (κ3) is 5.87. The molecule has 6 nitrogen and oxygen atoms in total. The van der Waals surface area contributed by atoms with E-state index >= 15 is 0 Å². The first-order chi connectivity index (χ1) is 16.8. The molecular formula is C25H25F3N4O2S. The first kappa shape index (κ1) is 24.8. The second-order valence-electron chi connectivity index (χ2n) is 8.06. The number of rotatable bonds is 9. The highest BCUT2D eigenvalue weighted by atomic mass is 32.2. The molecule has 0 spiro atoms. The number of carbonyl (C=O) groups is 1. The largest absolute Gasteiger partial charge is 0.497 e. The van der Waals surface area contributed by atoms with Gasteiger partial charge in [-0.3, -0.25) is 9.69 Å². The van der Waals surface area contributed by atoms with E-state index in [1.54, 1.807) is 7.11 Å². The predicted molar refractivity (Wildman–Crippen MR) is 130 cm³/mol.